The molecule has 2 rings (SSSR count). The molecule has 0 amide bonds. The average Bonchev–Trinajstić information content (AvgIpc) is 2.36. The number of likely N-dealkylation sites (tertiary alicyclic amines) is 1. The van der Waals surface area contributed by atoms with E-state index in [1.54, 1.807) is 18.2 Å². The fourth-order valence-corrected chi connectivity index (χ4v) is 2.47. The molecule has 1 aromatic carbocycles. The van der Waals surface area contributed by atoms with Crippen LogP contribution in [0.25, 0.3) is 0 Å². The summed E-state index contributed by atoms with van der Waals surface area (Å²) in [5.41, 5.74) is 0. The molecule has 1 N–H and O–H groups in total. The van der Waals surface area contributed by atoms with Crippen molar-refractivity contribution in [3.8, 4) is 11.5 Å². The van der Waals surface area contributed by atoms with Gasteiger partial charge in [-0.3, -0.25) is 4.90 Å². The molecule has 0 radical (unpaired) electrons. The molecule has 0 aliphatic carbocycles. The molecule has 0 aromatic heterocycles. The molecule has 1 aromatic rings. The van der Waals surface area contributed by atoms with Gasteiger partial charge in [0, 0.05) is 12.5 Å². The summed E-state index contributed by atoms with van der Waals surface area (Å²) in [4.78, 5) is 1.42. The first-order chi connectivity index (χ1) is 9.44. The first-order valence-electron chi connectivity index (χ1n) is 6.64. The van der Waals surface area contributed by atoms with E-state index in [-0.39, 0.29) is 11.7 Å². The number of hydrogen-bond donors (Lipinski definition) is 1. The lowest BCUT2D eigenvalue weighted by molar-refractivity contribution is -0.149. The summed E-state index contributed by atoms with van der Waals surface area (Å²) in [7, 11) is 0. The number of para-hydroxylation sites is 2. The van der Waals surface area contributed by atoms with Crippen LogP contribution in [-0.4, -0.2) is 42.4 Å². The van der Waals surface area contributed by atoms with Crippen LogP contribution >= 0.6 is 0 Å². The molecule has 0 saturated carbocycles. The molecule has 1 fully saturated rings. The number of aromatic hydroxyl groups is 1. The van der Waals surface area contributed by atoms with Crippen molar-refractivity contribution >= 4 is 0 Å². The minimum absolute atomic E-state index is 0.0513. The number of phenolic OH excluding ortho intramolecular Hbond substituents is 1. The zero-order valence-corrected chi connectivity index (χ0v) is 11.1. The fourth-order valence-electron chi connectivity index (χ4n) is 2.47. The highest BCUT2D eigenvalue weighted by Crippen LogP contribution is 2.27. The number of ether oxygens (including phenoxy) is 1. The zero-order valence-electron chi connectivity index (χ0n) is 11.1. The molecule has 1 aliphatic rings. The summed E-state index contributed by atoms with van der Waals surface area (Å²) < 4.78 is 42.6. The molecule has 1 aliphatic heterocycles. The van der Waals surface area contributed by atoms with E-state index in [1.165, 1.54) is 11.0 Å². The number of alkyl halides is 3. The van der Waals surface area contributed by atoms with Gasteiger partial charge in [-0.05, 0) is 31.5 Å². The van der Waals surface area contributed by atoms with Crippen LogP contribution in [0, 0.1) is 5.92 Å². The Labute approximate surface area is 116 Å². The smallest absolute Gasteiger partial charge is 0.401 e. The van der Waals surface area contributed by atoms with Crippen LogP contribution in [0.3, 0.4) is 0 Å². The van der Waals surface area contributed by atoms with Crippen LogP contribution in [0.5, 0.6) is 11.5 Å². The summed E-state index contributed by atoms with van der Waals surface area (Å²) in [6.07, 6.45) is -2.56. The third-order valence-corrected chi connectivity index (χ3v) is 3.35. The van der Waals surface area contributed by atoms with E-state index in [2.05, 4.69) is 0 Å². The monoisotopic (exact) mass is 289 g/mol. The first kappa shape index (κ1) is 15.0. The van der Waals surface area contributed by atoms with Crippen molar-refractivity contribution in [3.05, 3.63) is 24.3 Å². The molecule has 1 saturated heterocycles. The molecule has 0 bridgehead atoms. The number of hydrogen-bond acceptors (Lipinski definition) is 3. The van der Waals surface area contributed by atoms with Crippen LogP contribution < -0.4 is 4.74 Å². The van der Waals surface area contributed by atoms with Gasteiger partial charge in [0.1, 0.15) is 0 Å². The average molecular weight is 289 g/mol. The van der Waals surface area contributed by atoms with Crippen molar-refractivity contribution in [2.24, 2.45) is 5.92 Å². The number of benzene rings is 1. The number of piperidine rings is 1. The van der Waals surface area contributed by atoms with Gasteiger partial charge in [0.05, 0.1) is 13.2 Å². The summed E-state index contributed by atoms with van der Waals surface area (Å²) in [5.74, 6) is 0.488. The molecule has 1 heterocycles. The van der Waals surface area contributed by atoms with Crippen LogP contribution in [0.2, 0.25) is 0 Å². The van der Waals surface area contributed by atoms with Crippen LogP contribution in [0.1, 0.15) is 12.8 Å². The molecule has 0 unspecified atom stereocenters. The van der Waals surface area contributed by atoms with Gasteiger partial charge in [-0.2, -0.15) is 13.2 Å². The second-order valence-corrected chi connectivity index (χ2v) is 5.14. The van der Waals surface area contributed by atoms with E-state index < -0.39 is 12.7 Å². The number of nitrogens with zero attached hydrogens (tertiary/aromatic N) is 1. The van der Waals surface area contributed by atoms with Crippen LogP contribution in [0.15, 0.2) is 24.3 Å². The van der Waals surface area contributed by atoms with Crippen molar-refractivity contribution in [2.75, 3.05) is 26.2 Å². The summed E-state index contributed by atoms with van der Waals surface area (Å²) in [6.45, 7) is 0.325. The normalized spacial score (nSPS) is 20.9. The minimum atomic E-state index is -4.15. The van der Waals surface area contributed by atoms with Crippen molar-refractivity contribution in [2.45, 2.75) is 19.0 Å². The number of halogens is 3. The van der Waals surface area contributed by atoms with E-state index >= 15 is 0 Å². The molecular formula is C14H18F3NO2. The quantitative estimate of drug-likeness (QED) is 0.924. The fraction of sp³-hybridized carbons (Fsp3) is 0.571. The Hall–Kier alpha value is -1.43. The first-order valence-corrected chi connectivity index (χ1v) is 6.64. The highest BCUT2D eigenvalue weighted by atomic mass is 19.4. The Morgan fingerprint density at radius 3 is 2.75 bits per heavy atom. The molecule has 20 heavy (non-hydrogen) atoms. The summed E-state index contributed by atoms with van der Waals surface area (Å²) in [6, 6.07) is 6.59. The zero-order chi connectivity index (χ0) is 14.6. The van der Waals surface area contributed by atoms with Gasteiger partial charge in [-0.15, -0.1) is 0 Å². The van der Waals surface area contributed by atoms with Crippen LogP contribution in [0.4, 0.5) is 13.2 Å². The SMILES string of the molecule is Oc1ccccc1OC[C@@H]1CCCN(CC(F)(F)F)C1. The molecule has 0 spiro atoms. The lowest BCUT2D eigenvalue weighted by Crippen LogP contribution is -2.42. The van der Waals surface area contributed by atoms with Gasteiger partial charge < -0.3 is 9.84 Å². The lowest BCUT2D eigenvalue weighted by Gasteiger charge is -2.32. The molecule has 3 nitrogen and oxygen atoms in total. The minimum Gasteiger partial charge on any atom is -0.504 e. The molecular weight excluding hydrogens is 271 g/mol. The van der Waals surface area contributed by atoms with Gasteiger partial charge in [-0.1, -0.05) is 12.1 Å². The maximum absolute atomic E-state index is 12.4. The number of rotatable bonds is 4. The Balaban J connectivity index is 1.83. The lowest BCUT2D eigenvalue weighted by atomic mass is 9.99. The van der Waals surface area contributed by atoms with E-state index in [0.29, 0.717) is 25.4 Å². The Morgan fingerprint density at radius 1 is 1.30 bits per heavy atom. The summed E-state index contributed by atoms with van der Waals surface area (Å²) in [5, 5.41) is 9.56. The number of phenols is 1. The predicted molar refractivity (Wildman–Crippen MR) is 68.8 cm³/mol. The third-order valence-electron chi connectivity index (χ3n) is 3.35. The van der Waals surface area contributed by atoms with Crippen molar-refractivity contribution < 1.29 is 23.0 Å². The second kappa shape index (κ2) is 6.35. The molecule has 112 valence electrons. The van der Waals surface area contributed by atoms with Crippen molar-refractivity contribution in [3.63, 3.8) is 0 Å². The van der Waals surface area contributed by atoms with Gasteiger partial charge in [0.25, 0.3) is 0 Å². The van der Waals surface area contributed by atoms with Gasteiger partial charge in [0.2, 0.25) is 0 Å². The molecule has 1 atom stereocenters. The largest absolute Gasteiger partial charge is 0.504 e. The topological polar surface area (TPSA) is 32.7 Å². The van der Waals surface area contributed by atoms with Crippen LogP contribution in [-0.2, 0) is 0 Å². The third kappa shape index (κ3) is 4.59. The maximum atomic E-state index is 12.4. The maximum Gasteiger partial charge on any atom is 0.401 e. The Bertz CT molecular complexity index is 437. The van der Waals surface area contributed by atoms with E-state index in [0.717, 1.165) is 12.8 Å². The Morgan fingerprint density at radius 2 is 2.05 bits per heavy atom. The summed E-state index contributed by atoms with van der Waals surface area (Å²) >= 11 is 0. The van der Waals surface area contributed by atoms with E-state index in [4.69, 9.17) is 4.74 Å². The van der Waals surface area contributed by atoms with E-state index in [1.807, 2.05) is 0 Å². The van der Waals surface area contributed by atoms with Gasteiger partial charge >= 0.3 is 6.18 Å². The highest BCUT2D eigenvalue weighted by Gasteiger charge is 2.33. The van der Waals surface area contributed by atoms with E-state index in [9.17, 15) is 18.3 Å². The van der Waals surface area contributed by atoms with Gasteiger partial charge in [-0.25, -0.2) is 0 Å². The Kier molecular flexibility index (Phi) is 4.75. The van der Waals surface area contributed by atoms with Gasteiger partial charge in [0.15, 0.2) is 11.5 Å². The molecule has 6 heteroatoms. The second-order valence-electron chi connectivity index (χ2n) is 5.14. The van der Waals surface area contributed by atoms with Crippen molar-refractivity contribution in [1.29, 1.82) is 0 Å². The standard InChI is InChI=1S/C14H18F3NO2/c15-14(16,17)10-18-7-3-4-11(8-18)9-20-13-6-2-1-5-12(13)19/h1-2,5-6,11,19H,3-4,7-10H2/t11-/m1/s1. The highest BCUT2D eigenvalue weighted by molar-refractivity contribution is 5.37. The van der Waals surface area contributed by atoms with Crippen molar-refractivity contribution in [1.82, 2.24) is 4.90 Å². The predicted octanol–water partition coefficient (Wildman–Crippen LogP) is 3.05.